The zero-order valence-corrected chi connectivity index (χ0v) is 19.4. The third-order valence-electron chi connectivity index (χ3n) is 4.79. The molecular formula is C24H18ClF3N6O2. The monoisotopic (exact) mass is 514 g/mol. The van der Waals surface area contributed by atoms with E-state index >= 15 is 0 Å². The van der Waals surface area contributed by atoms with Crippen LogP contribution in [0.3, 0.4) is 0 Å². The highest BCUT2D eigenvalue weighted by atomic mass is 35.5. The van der Waals surface area contributed by atoms with Gasteiger partial charge in [0.15, 0.2) is 0 Å². The number of hydrogen-bond acceptors (Lipinski definition) is 6. The Labute approximate surface area is 208 Å². The fourth-order valence-corrected chi connectivity index (χ4v) is 3.26. The van der Waals surface area contributed by atoms with Crippen LogP contribution in [-0.2, 0) is 6.18 Å². The lowest BCUT2D eigenvalue weighted by Gasteiger charge is -2.13. The van der Waals surface area contributed by atoms with Crippen molar-refractivity contribution in [2.75, 3.05) is 23.0 Å². The number of amides is 2. The van der Waals surface area contributed by atoms with Crippen molar-refractivity contribution in [1.29, 1.82) is 0 Å². The number of rotatable bonds is 6. The maximum atomic E-state index is 12.9. The highest BCUT2D eigenvalue weighted by Gasteiger charge is 2.31. The molecule has 12 heteroatoms. The molecule has 2 amide bonds. The second-order valence-corrected chi connectivity index (χ2v) is 7.68. The largest absolute Gasteiger partial charge is 0.438 e. The average Bonchev–Trinajstić information content (AvgIpc) is 2.86. The number of nitrogens with one attached hydrogen (secondary N) is 3. The Balaban J connectivity index is 1.44. The van der Waals surface area contributed by atoms with E-state index in [1.54, 1.807) is 55.8 Å². The highest BCUT2D eigenvalue weighted by molar-refractivity contribution is 6.33. The van der Waals surface area contributed by atoms with Gasteiger partial charge in [-0.15, -0.1) is 0 Å². The zero-order valence-electron chi connectivity index (χ0n) is 18.6. The molecule has 0 aliphatic heterocycles. The van der Waals surface area contributed by atoms with E-state index in [4.69, 9.17) is 16.3 Å². The van der Waals surface area contributed by atoms with Gasteiger partial charge in [-0.2, -0.15) is 13.2 Å². The number of aromatic nitrogens is 3. The summed E-state index contributed by atoms with van der Waals surface area (Å²) in [6, 6.07) is 13.5. The van der Waals surface area contributed by atoms with Crippen molar-refractivity contribution in [3.8, 4) is 22.9 Å². The van der Waals surface area contributed by atoms with Gasteiger partial charge in [0.2, 0.25) is 11.8 Å². The molecule has 0 unspecified atom stereocenters. The van der Waals surface area contributed by atoms with Crippen molar-refractivity contribution < 1.29 is 22.7 Å². The summed E-state index contributed by atoms with van der Waals surface area (Å²) in [5, 5.41) is 7.70. The van der Waals surface area contributed by atoms with E-state index in [9.17, 15) is 18.0 Å². The van der Waals surface area contributed by atoms with E-state index in [-0.39, 0.29) is 10.7 Å². The van der Waals surface area contributed by atoms with Crippen molar-refractivity contribution in [3.63, 3.8) is 0 Å². The number of carbonyl (C=O) groups excluding carboxylic acids is 1. The van der Waals surface area contributed by atoms with Gasteiger partial charge in [0.05, 0.1) is 27.5 Å². The van der Waals surface area contributed by atoms with E-state index in [2.05, 4.69) is 30.9 Å². The second kappa shape index (κ2) is 10.5. The molecule has 0 saturated carbocycles. The quantitative estimate of drug-likeness (QED) is 0.265. The first-order chi connectivity index (χ1) is 17.2. The average molecular weight is 515 g/mol. The minimum absolute atomic E-state index is 0.0291. The minimum atomic E-state index is -4.57. The van der Waals surface area contributed by atoms with Crippen molar-refractivity contribution in [2.45, 2.75) is 6.18 Å². The number of anilines is 3. The van der Waals surface area contributed by atoms with Crippen LogP contribution in [0.15, 0.2) is 73.1 Å². The lowest BCUT2D eigenvalue weighted by atomic mass is 10.2. The summed E-state index contributed by atoms with van der Waals surface area (Å²) >= 11 is 5.92. The van der Waals surface area contributed by atoms with Crippen LogP contribution in [0.1, 0.15) is 5.56 Å². The second-order valence-electron chi connectivity index (χ2n) is 7.27. The molecule has 0 aliphatic rings. The van der Waals surface area contributed by atoms with Crippen molar-refractivity contribution in [1.82, 2.24) is 15.0 Å². The summed E-state index contributed by atoms with van der Waals surface area (Å²) < 4.78 is 44.7. The fourth-order valence-electron chi connectivity index (χ4n) is 3.10. The van der Waals surface area contributed by atoms with Gasteiger partial charge in [-0.05, 0) is 60.7 Å². The molecule has 0 saturated heterocycles. The minimum Gasteiger partial charge on any atom is -0.438 e. The smallest absolute Gasteiger partial charge is 0.416 e. The van der Waals surface area contributed by atoms with E-state index < -0.39 is 17.8 Å². The Morgan fingerprint density at radius 3 is 2.47 bits per heavy atom. The van der Waals surface area contributed by atoms with Crippen molar-refractivity contribution >= 4 is 35.0 Å². The third kappa shape index (κ3) is 5.99. The van der Waals surface area contributed by atoms with E-state index in [0.717, 1.165) is 18.2 Å². The number of hydrogen-bond donors (Lipinski definition) is 3. The Morgan fingerprint density at radius 1 is 0.972 bits per heavy atom. The molecule has 0 atom stereocenters. The van der Waals surface area contributed by atoms with Crippen LogP contribution in [-0.4, -0.2) is 28.0 Å². The number of pyridine rings is 1. The first-order valence-electron chi connectivity index (χ1n) is 10.4. The number of halogens is 4. The molecule has 0 bridgehead atoms. The van der Waals surface area contributed by atoms with Crippen LogP contribution >= 0.6 is 11.6 Å². The van der Waals surface area contributed by atoms with Crippen molar-refractivity contribution in [3.05, 3.63) is 83.6 Å². The number of nitrogens with zero attached hydrogens (tertiary/aromatic N) is 3. The molecule has 36 heavy (non-hydrogen) atoms. The third-order valence-corrected chi connectivity index (χ3v) is 5.12. The summed E-state index contributed by atoms with van der Waals surface area (Å²) in [5.41, 5.74) is 0.537. The number of ether oxygens (including phenoxy) is 1. The fraction of sp³-hybridized carbons (Fsp3) is 0.0833. The van der Waals surface area contributed by atoms with Crippen molar-refractivity contribution in [2.24, 2.45) is 0 Å². The first-order valence-corrected chi connectivity index (χ1v) is 10.8. The Hall–Kier alpha value is -4.38. The van der Waals surface area contributed by atoms with Crippen LogP contribution in [0.4, 0.5) is 35.3 Å². The topological polar surface area (TPSA) is 101 Å². The van der Waals surface area contributed by atoms with Gasteiger partial charge in [-0.1, -0.05) is 11.6 Å². The molecule has 0 aliphatic carbocycles. The molecule has 0 spiro atoms. The molecule has 0 radical (unpaired) electrons. The molecular weight excluding hydrogens is 497 g/mol. The van der Waals surface area contributed by atoms with Crippen LogP contribution < -0.4 is 20.7 Å². The maximum absolute atomic E-state index is 12.9. The Bertz CT molecular complexity index is 1380. The van der Waals surface area contributed by atoms with E-state index in [1.807, 2.05) is 6.07 Å². The van der Waals surface area contributed by atoms with Gasteiger partial charge in [0, 0.05) is 25.1 Å². The predicted octanol–water partition coefficient (Wildman–Crippen LogP) is 6.69. The number of carbonyl (C=O) groups is 1. The van der Waals surface area contributed by atoms with Gasteiger partial charge in [0.25, 0.3) is 0 Å². The van der Waals surface area contributed by atoms with Gasteiger partial charge >= 0.3 is 12.2 Å². The summed E-state index contributed by atoms with van der Waals surface area (Å²) in [6.45, 7) is 0. The van der Waals surface area contributed by atoms with Gasteiger partial charge in [-0.3, -0.25) is 0 Å². The van der Waals surface area contributed by atoms with Crippen LogP contribution in [0.2, 0.25) is 5.02 Å². The standard InChI is InChI=1S/C24H18ClF3N6O2/c1-29-22-31-12-10-19(33-22)17-3-2-11-30-21(17)36-16-7-5-15(6-8-16)32-23(35)34-20-13-14(24(26,27)28)4-9-18(20)25/h2-13H,1H3,(H,29,31,33)(H2,32,34,35). The zero-order chi connectivity index (χ0) is 25.7. The maximum Gasteiger partial charge on any atom is 0.416 e. The highest BCUT2D eigenvalue weighted by Crippen LogP contribution is 2.34. The van der Waals surface area contributed by atoms with Gasteiger partial charge < -0.3 is 20.7 Å². The molecule has 2 aromatic heterocycles. The lowest BCUT2D eigenvalue weighted by molar-refractivity contribution is -0.137. The normalized spacial score (nSPS) is 11.0. The Morgan fingerprint density at radius 2 is 1.75 bits per heavy atom. The van der Waals surface area contributed by atoms with Crippen LogP contribution in [0, 0.1) is 0 Å². The summed E-state index contributed by atoms with van der Waals surface area (Å²) in [5.74, 6) is 1.20. The number of benzene rings is 2. The number of alkyl halides is 3. The molecule has 8 nitrogen and oxygen atoms in total. The lowest BCUT2D eigenvalue weighted by Crippen LogP contribution is -2.20. The van der Waals surface area contributed by atoms with Gasteiger partial charge in [-0.25, -0.2) is 19.7 Å². The molecule has 2 aromatic carbocycles. The van der Waals surface area contributed by atoms with E-state index in [1.165, 1.54) is 0 Å². The number of urea groups is 1. The SMILES string of the molecule is CNc1nccc(-c2cccnc2Oc2ccc(NC(=O)Nc3cc(C(F)(F)F)ccc3Cl)cc2)n1. The van der Waals surface area contributed by atoms with Crippen LogP contribution in [0.5, 0.6) is 11.6 Å². The van der Waals surface area contributed by atoms with Gasteiger partial charge in [0.1, 0.15) is 5.75 Å². The molecule has 4 rings (SSSR count). The summed E-state index contributed by atoms with van der Waals surface area (Å²) in [4.78, 5) is 25.1. The van der Waals surface area contributed by atoms with E-state index in [0.29, 0.717) is 34.5 Å². The molecule has 3 N–H and O–H groups in total. The first kappa shape index (κ1) is 24.7. The molecule has 4 aromatic rings. The molecule has 0 fully saturated rings. The predicted molar refractivity (Wildman–Crippen MR) is 130 cm³/mol. The Kier molecular flexibility index (Phi) is 7.20. The summed E-state index contributed by atoms with van der Waals surface area (Å²) in [6.07, 6.45) is -1.37. The molecule has 184 valence electrons. The molecule has 2 heterocycles. The van der Waals surface area contributed by atoms with Crippen LogP contribution in [0.25, 0.3) is 11.3 Å². The summed E-state index contributed by atoms with van der Waals surface area (Å²) in [7, 11) is 1.71.